The molecule has 17 heavy (non-hydrogen) atoms. The number of hydrogen-bond acceptors (Lipinski definition) is 3. The summed E-state index contributed by atoms with van der Waals surface area (Å²) in [5.41, 5.74) is 0.718. The average molecular weight is 240 g/mol. The van der Waals surface area contributed by atoms with Crippen LogP contribution in [0, 0.1) is 0 Å². The predicted molar refractivity (Wildman–Crippen MR) is 71.3 cm³/mol. The third kappa shape index (κ3) is 2.67. The summed E-state index contributed by atoms with van der Waals surface area (Å²) in [6.45, 7) is 12.5. The molecule has 1 N–H and O–H groups in total. The summed E-state index contributed by atoms with van der Waals surface area (Å²) in [5.74, 6) is 0. The van der Waals surface area contributed by atoms with Gasteiger partial charge in [-0.25, -0.2) is 0 Å². The molecule has 2 saturated heterocycles. The minimum absolute atomic E-state index is 0.347. The van der Waals surface area contributed by atoms with Crippen molar-refractivity contribution in [1.82, 2.24) is 10.2 Å². The van der Waals surface area contributed by atoms with E-state index in [1.165, 1.54) is 38.8 Å². The van der Waals surface area contributed by atoms with Crippen molar-refractivity contribution in [2.24, 2.45) is 0 Å². The summed E-state index contributed by atoms with van der Waals surface area (Å²) in [4.78, 5) is 2.72. The van der Waals surface area contributed by atoms with Crippen molar-refractivity contribution in [2.75, 3.05) is 32.8 Å². The van der Waals surface area contributed by atoms with Crippen LogP contribution in [-0.4, -0.2) is 48.8 Å². The molecule has 0 aromatic carbocycles. The lowest BCUT2D eigenvalue weighted by molar-refractivity contribution is -0.0432. The van der Waals surface area contributed by atoms with Crippen LogP contribution in [0.3, 0.4) is 0 Å². The first-order valence-electron chi connectivity index (χ1n) is 7.22. The fraction of sp³-hybridized carbons (Fsp3) is 1.00. The minimum Gasteiger partial charge on any atom is -0.381 e. The van der Waals surface area contributed by atoms with E-state index in [9.17, 15) is 0 Å². The van der Waals surface area contributed by atoms with Gasteiger partial charge in [0.1, 0.15) is 0 Å². The Hall–Kier alpha value is -0.120. The van der Waals surface area contributed by atoms with Gasteiger partial charge >= 0.3 is 0 Å². The van der Waals surface area contributed by atoms with Crippen molar-refractivity contribution in [3.05, 3.63) is 0 Å². The lowest BCUT2D eigenvalue weighted by Crippen LogP contribution is -2.65. The molecule has 0 aromatic heterocycles. The first-order valence-corrected chi connectivity index (χ1v) is 7.22. The molecule has 0 unspecified atom stereocenters. The summed E-state index contributed by atoms with van der Waals surface area (Å²) in [7, 11) is 0. The Morgan fingerprint density at radius 1 is 1.18 bits per heavy atom. The minimum atomic E-state index is 0.347. The molecule has 2 heterocycles. The van der Waals surface area contributed by atoms with E-state index in [0.717, 1.165) is 19.8 Å². The number of nitrogens with zero attached hydrogens (tertiary/aromatic N) is 1. The zero-order chi connectivity index (χ0) is 12.4. The number of rotatable bonds is 3. The van der Waals surface area contributed by atoms with E-state index < -0.39 is 0 Å². The summed E-state index contributed by atoms with van der Waals surface area (Å²) in [5, 5.41) is 3.75. The highest BCUT2D eigenvalue weighted by Gasteiger charge is 2.40. The lowest BCUT2D eigenvalue weighted by atomic mass is 9.84. The van der Waals surface area contributed by atoms with E-state index >= 15 is 0 Å². The number of nitrogens with one attached hydrogen (secondary N) is 1. The Morgan fingerprint density at radius 2 is 1.82 bits per heavy atom. The van der Waals surface area contributed by atoms with Crippen molar-refractivity contribution in [1.29, 1.82) is 0 Å². The molecule has 0 atom stereocenters. The van der Waals surface area contributed by atoms with Gasteiger partial charge in [-0.15, -0.1) is 0 Å². The number of piperazine rings is 1. The molecule has 3 nitrogen and oxygen atoms in total. The van der Waals surface area contributed by atoms with Gasteiger partial charge in [0.2, 0.25) is 0 Å². The van der Waals surface area contributed by atoms with E-state index in [0.29, 0.717) is 11.1 Å². The van der Waals surface area contributed by atoms with E-state index in [1.54, 1.807) is 0 Å². The maximum absolute atomic E-state index is 5.52. The zero-order valence-corrected chi connectivity index (χ0v) is 11.7. The van der Waals surface area contributed by atoms with Gasteiger partial charge in [-0.2, -0.15) is 0 Å². The fourth-order valence-electron chi connectivity index (χ4n) is 3.27. The van der Waals surface area contributed by atoms with E-state index in [2.05, 4.69) is 31.0 Å². The maximum atomic E-state index is 5.52. The van der Waals surface area contributed by atoms with Gasteiger partial charge in [0.25, 0.3) is 0 Å². The molecule has 0 radical (unpaired) electrons. The maximum Gasteiger partial charge on any atom is 0.0483 e. The standard InChI is InChI=1S/C14H28N2O/c1-4-14(5-2)12-16(9-8-15-14)13(3)6-10-17-11-7-13/h15H,4-12H2,1-3H3. The van der Waals surface area contributed by atoms with Crippen molar-refractivity contribution in [2.45, 2.75) is 57.5 Å². The monoisotopic (exact) mass is 240 g/mol. The largest absolute Gasteiger partial charge is 0.381 e. The van der Waals surface area contributed by atoms with Crippen LogP contribution in [0.25, 0.3) is 0 Å². The van der Waals surface area contributed by atoms with E-state index in [1.807, 2.05) is 0 Å². The molecular weight excluding hydrogens is 212 g/mol. The normalized spacial score (nSPS) is 29.1. The molecule has 0 saturated carbocycles. The molecule has 100 valence electrons. The van der Waals surface area contributed by atoms with Crippen molar-refractivity contribution >= 4 is 0 Å². The summed E-state index contributed by atoms with van der Waals surface area (Å²) in [6.07, 6.45) is 4.84. The van der Waals surface area contributed by atoms with Gasteiger partial charge in [-0.05, 0) is 32.6 Å². The van der Waals surface area contributed by atoms with Gasteiger partial charge in [0.15, 0.2) is 0 Å². The molecule has 3 heteroatoms. The second-order valence-corrected chi connectivity index (χ2v) is 5.95. The smallest absolute Gasteiger partial charge is 0.0483 e. The van der Waals surface area contributed by atoms with Crippen LogP contribution < -0.4 is 5.32 Å². The molecule has 2 fully saturated rings. The molecule has 0 aliphatic carbocycles. The third-order valence-corrected chi connectivity index (χ3v) is 5.06. The number of hydrogen-bond donors (Lipinski definition) is 1. The Morgan fingerprint density at radius 3 is 2.41 bits per heavy atom. The molecular formula is C14H28N2O. The fourth-order valence-corrected chi connectivity index (χ4v) is 3.27. The summed E-state index contributed by atoms with van der Waals surface area (Å²) >= 11 is 0. The predicted octanol–water partition coefficient (Wildman–Crippen LogP) is 2.02. The highest BCUT2D eigenvalue weighted by Crippen LogP contribution is 2.31. The molecule has 0 aromatic rings. The SMILES string of the molecule is CCC1(CC)CN(C2(C)CCOCC2)CCN1. The third-order valence-electron chi connectivity index (χ3n) is 5.06. The quantitative estimate of drug-likeness (QED) is 0.817. The molecule has 2 aliphatic heterocycles. The van der Waals surface area contributed by atoms with E-state index in [-0.39, 0.29) is 0 Å². The Balaban J connectivity index is 2.05. The van der Waals surface area contributed by atoms with Gasteiger partial charge in [0, 0.05) is 43.9 Å². The van der Waals surface area contributed by atoms with Crippen LogP contribution >= 0.6 is 0 Å². The molecule has 0 amide bonds. The average Bonchev–Trinajstić information content (AvgIpc) is 2.40. The number of ether oxygens (including phenoxy) is 1. The van der Waals surface area contributed by atoms with Gasteiger partial charge in [-0.1, -0.05) is 13.8 Å². The van der Waals surface area contributed by atoms with Crippen LogP contribution in [0.15, 0.2) is 0 Å². The van der Waals surface area contributed by atoms with Crippen LogP contribution in [0.1, 0.15) is 46.5 Å². The Bertz CT molecular complexity index is 245. The Labute approximate surface area is 106 Å². The van der Waals surface area contributed by atoms with Gasteiger partial charge in [-0.3, -0.25) is 4.90 Å². The molecule has 0 spiro atoms. The van der Waals surface area contributed by atoms with Crippen molar-refractivity contribution in [3.8, 4) is 0 Å². The van der Waals surface area contributed by atoms with Crippen molar-refractivity contribution < 1.29 is 4.74 Å². The highest BCUT2D eigenvalue weighted by atomic mass is 16.5. The molecule has 0 bridgehead atoms. The molecule has 2 aliphatic rings. The van der Waals surface area contributed by atoms with Crippen LogP contribution in [0.4, 0.5) is 0 Å². The van der Waals surface area contributed by atoms with E-state index in [4.69, 9.17) is 4.74 Å². The van der Waals surface area contributed by atoms with Crippen LogP contribution in [0.2, 0.25) is 0 Å². The Kier molecular flexibility index (Phi) is 4.11. The highest BCUT2D eigenvalue weighted by molar-refractivity contribution is 4.99. The second-order valence-electron chi connectivity index (χ2n) is 5.95. The van der Waals surface area contributed by atoms with Crippen LogP contribution in [-0.2, 0) is 4.74 Å². The molecule has 2 rings (SSSR count). The first-order chi connectivity index (χ1) is 8.14. The summed E-state index contributed by atoms with van der Waals surface area (Å²) in [6, 6.07) is 0. The van der Waals surface area contributed by atoms with Gasteiger partial charge in [0.05, 0.1) is 0 Å². The van der Waals surface area contributed by atoms with Crippen LogP contribution in [0.5, 0.6) is 0 Å². The van der Waals surface area contributed by atoms with Gasteiger partial charge < -0.3 is 10.1 Å². The topological polar surface area (TPSA) is 24.5 Å². The zero-order valence-electron chi connectivity index (χ0n) is 11.7. The summed E-state index contributed by atoms with van der Waals surface area (Å²) < 4.78 is 5.52. The lowest BCUT2D eigenvalue weighted by Gasteiger charge is -2.52. The first kappa shape index (κ1) is 13.3. The van der Waals surface area contributed by atoms with Crippen molar-refractivity contribution in [3.63, 3.8) is 0 Å². The second kappa shape index (κ2) is 5.25.